The maximum Gasteiger partial charge on any atom is 0.192 e. The molecule has 3 N–H and O–H groups in total. The Morgan fingerprint density at radius 1 is 1.36 bits per heavy atom. The van der Waals surface area contributed by atoms with E-state index in [0.29, 0.717) is 0 Å². The Hall–Kier alpha value is -1.14. The van der Waals surface area contributed by atoms with E-state index in [4.69, 9.17) is 25.8 Å². The summed E-state index contributed by atoms with van der Waals surface area (Å²) in [7, 11) is 0. The number of hydrogen-bond donors (Lipinski definition) is 3. The average molecular weight is 156 g/mol. The molecule has 0 saturated heterocycles. The summed E-state index contributed by atoms with van der Waals surface area (Å²) in [6, 6.07) is 2.86. The SMILES string of the molecule is N#CC(CO)C(O)(C#N)CO. The Morgan fingerprint density at radius 2 is 1.91 bits per heavy atom. The minimum atomic E-state index is -2.15. The van der Waals surface area contributed by atoms with Crippen molar-refractivity contribution in [2.24, 2.45) is 5.92 Å². The minimum absolute atomic E-state index is 0.652. The van der Waals surface area contributed by atoms with Gasteiger partial charge in [0.15, 0.2) is 5.60 Å². The molecule has 2 atom stereocenters. The Labute approximate surface area is 63.7 Å². The molecular formula is C6H8N2O3. The lowest BCUT2D eigenvalue weighted by atomic mass is 9.91. The number of aliphatic hydroxyl groups is 3. The first-order valence-corrected chi connectivity index (χ1v) is 2.89. The molecule has 0 aromatic rings. The fourth-order valence-electron chi connectivity index (χ4n) is 0.522. The predicted molar refractivity (Wildman–Crippen MR) is 33.8 cm³/mol. The number of rotatable bonds is 3. The summed E-state index contributed by atoms with van der Waals surface area (Å²) in [4.78, 5) is 0. The van der Waals surface area contributed by atoms with Gasteiger partial charge in [-0.25, -0.2) is 0 Å². The quantitative estimate of drug-likeness (QED) is 0.425. The smallest absolute Gasteiger partial charge is 0.192 e. The van der Waals surface area contributed by atoms with Gasteiger partial charge in [-0.2, -0.15) is 10.5 Å². The molecule has 0 aliphatic rings. The standard InChI is InChI=1S/C6H8N2O3/c7-1-5(2-9)6(11,3-8)4-10/h5,9-11H,2,4H2. The van der Waals surface area contributed by atoms with Gasteiger partial charge in [0.2, 0.25) is 0 Å². The molecule has 5 heteroatoms. The van der Waals surface area contributed by atoms with Crippen LogP contribution in [0, 0.1) is 28.6 Å². The van der Waals surface area contributed by atoms with Crippen molar-refractivity contribution in [2.75, 3.05) is 13.2 Å². The number of aliphatic hydroxyl groups excluding tert-OH is 2. The van der Waals surface area contributed by atoms with E-state index in [1.165, 1.54) is 12.1 Å². The normalized spacial score (nSPS) is 17.5. The maximum absolute atomic E-state index is 9.09. The molecule has 11 heavy (non-hydrogen) atoms. The summed E-state index contributed by atoms with van der Waals surface area (Å²) in [6.07, 6.45) is 0. The lowest BCUT2D eigenvalue weighted by Gasteiger charge is -2.20. The van der Waals surface area contributed by atoms with Crippen molar-refractivity contribution in [3.05, 3.63) is 0 Å². The number of hydrogen-bond acceptors (Lipinski definition) is 5. The summed E-state index contributed by atoms with van der Waals surface area (Å²) >= 11 is 0. The van der Waals surface area contributed by atoms with Gasteiger partial charge in [-0.15, -0.1) is 0 Å². The first kappa shape index (κ1) is 9.86. The number of nitrogens with zero attached hydrogens (tertiary/aromatic N) is 2. The second-order valence-electron chi connectivity index (χ2n) is 2.06. The van der Waals surface area contributed by atoms with Crippen LogP contribution < -0.4 is 0 Å². The van der Waals surface area contributed by atoms with Crippen molar-refractivity contribution in [3.8, 4) is 12.1 Å². The Balaban J connectivity index is 4.52. The van der Waals surface area contributed by atoms with Gasteiger partial charge in [0.25, 0.3) is 0 Å². The van der Waals surface area contributed by atoms with Crippen LogP contribution in [0.15, 0.2) is 0 Å². The zero-order valence-corrected chi connectivity index (χ0v) is 5.73. The van der Waals surface area contributed by atoms with Crippen LogP contribution in [0.4, 0.5) is 0 Å². The fraction of sp³-hybridized carbons (Fsp3) is 0.667. The van der Waals surface area contributed by atoms with Crippen LogP contribution in [0.25, 0.3) is 0 Å². The lowest BCUT2D eigenvalue weighted by Crippen LogP contribution is -2.41. The third-order valence-corrected chi connectivity index (χ3v) is 1.35. The summed E-state index contributed by atoms with van der Waals surface area (Å²) in [5, 5.41) is 42.6. The van der Waals surface area contributed by atoms with Gasteiger partial charge in [-0.05, 0) is 0 Å². The van der Waals surface area contributed by atoms with Crippen LogP contribution in [0.5, 0.6) is 0 Å². The van der Waals surface area contributed by atoms with Crippen molar-refractivity contribution in [1.82, 2.24) is 0 Å². The molecule has 0 amide bonds. The molecular weight excluding hydrogens is 148 g/mol. The highest BCUT2D eigenvalue weighted by Crippen LogP contribution is 2.14. The molecule has 0 fully saturated rings. The zero-order chi connectivity index (χ0) is 8.91. The topological polar surface area (TPSA) is 108 Å². The van der Waals surface area contributed by atoms with Crippen LogP contribution in [0.3, 0.4) is 0 Å². The Morgan fingerprint density at radius 3 is 2.00 bits per heavy atom. The van der Waals surface area contributed by atoms with E-state index < -0.39 is 24.7 Å². The highest BCUT2D eigenvalue weighted by molar-refractivity contribution is 5.11. The van der Waals surface area contributed by atoms with Crippen molar-refractivity contribution < 1.29 is 15.3 Å². The molecule has 0 aromatic heterocycles. The fourth-order valence-corrected chi connectivity index (χ4v) is 0.522. The van der Waals surface area contributed by atoms with E-state index in [0.717, 1.165) is 0 Å². The molecule has 60 valence electrons. The van der Waals surface area contributed by atoms with E-state index in [-0.39, 0.29) is 0 Å². The number of nitriles is 2. The minimum Gasteiger partial charge on any atom is -0.395 e. The molecule has 0 rings (SSSR count). The van der Waals surface area contributed by atoms with Crippen molar-refractivity contribution in [2.45, 2.75) is 5.60 Å². The highest BCUT2D eigenvalue weighted by Gasteiger charge is 2.36. The monoisotopic (exact) mass is 156 g/mol. The third-order valence-electron chi connectivity index (χ3n) is 1.35. The van der Waals surface area contributed by atoms with Crippen LogP contribution in [0.2, 0.25) is 0 Å². The molecule has 0 aromatic carbocycles. The second-order valence-corrected chi connectivity index (χ2v) is 2.06. The zero-order valence-electron chi connectivity index (χ0n) is 5.73. The van der Waals surface area contributed by atoms with Gasteiger partial charge in [0.1, 0.15) is 12.0 Å². The van der Waals surface area contributed by atoms with Crippen molar-refractivity contribution in [1.29, 1.82) is 10.5 Å². The van der Waals surface area contributed by atoms with Gasteiger partial charge < -0.3 is 15.3 Å². The molecule has 0 heterocycles. The summed E-state index contributed by atoms with van der Waals surface area (Å²) < 4.78 is 0. The van der Waals surface area contributed by atoms with E-state index in [1.807, 2.05) is 0 Å². The van der Waals surface area contributed by atoms with Crippen LogP contribution in [-0.4, -0.2) is 34.1 Å². The Kier molecular flexibility index (Phi) is 3.49. The van der Waals surface area contributed by atoms with Gasteiger partial charge >= 0.3 is 0 Å². The van der Waals surface area contributed by atoms with Crippen molar-refractivity contribution >= 4 is 0 Å². The molecule has 0 bridgehead atoms. The molecule has 0 aliphatic heterocycles. The van der Waals surface area contributed by atoms with Gasteiger partial charge in [-0.3, -0.25) is 0 Å². The summed E-state index contributed by atoms with van der Waals surface area (Å²) in [6.45, 7) is -1.51. The van der Waals surface area contributed by atoms with E-state index in [2.05, 4.69) is 0 Å². The van der Waals surface area contributed by atoms with Crippen LogP contribution in [0.1, 0.15) is 0 Å². The first-order valence-electron chi connectivity index (χ1n) is 2.89. The molecule has 0 radical (unpaired) electrons. The molecule has 2 unspecified atom stereocenters. The van der Waals surface area contributed by atoms with E-state index in [9.17, 15) is 0 Å². The summed E-state index contributed by atoms with van der Waals surface area (Å²) in [5.41, 5.74) is -2.15. The van der Waals surface area contributed by atoms with Gasteiger partial charge in [-0.1, -0.05) is 0 Å². The van der Waals surface area contributed by atoms with E-state index >= 15 is 0 Å². The maximum atomic E-state index is 9.09. The first-order chi connectivity index (χ1) is 5.14. The molecule has 0 aliphatic carbocycles. The van der Waals surface area contributed by atoms with E-state index in [1.54, 1.807) is 0 Å². The second kappa shape index (κ2) is 3.89. The summed E-state index contributed by atoms with van der Waals surface area (Å²) in [5.74, 6) is -1.27. The van der Waals surface area contributed by atoms with Gasteiger partial charge in [0.05, 0.1) is 19.3 Å². The van der Waals surface area contributed by atoms with Crippen molar-refractivity contribution in [3.63, 3.8) is 0 Å². The largest absolute Gasteiger partial charge is 0.395 e. The molecule has 0 saturated carbocycles. The molecule has 0 spiro atoms. The highest BCUT2D eigenvalue weighted by atomic mass is 16.3. The van der Waals surface area contributed by atoms with Crippen LogP contribution in [-0.2, 0) is 0 Å². The predicted octanol–water partition coefficient (Wildman–Crippen LogP) is -1.63. The van der Waals surface area contributed by atoms with Crippen LogP contribution >= 0.6 is 0 Å². The third kappa shape index (κ3) is 1.89. The average Bonchev–Trinajstić information content (AvgIpc) is 2.06. The lowest BCUT2D eigenvalue weighted by molar-refractivity contribution is -0.0136. The van der Waals surface area contributed by atoms with Gasteiger partial charge in [0, 0.05) is 0 Å². The Bertz CT molecular complexity index is 205. The molecule has 5 nitrogen and oxygen atoms in total.